The van der Waals surface area contributed by atoms with Gasteiger partial charge in [0, 0.05) is 32.8 Å². The molecule has 1 saturated heterocycles. The second-order valence-corrected chi connectivity index (χ2v) is 11.7. The summed E-state index contributed by atoms with van der Waals surface area (Å²) in [5, 5.41) is 3.53. The molecule has 3 N–H and O–H groups in total. The largest absolute Gasteiger partial charge is 0.383 e. The number of benzene rings is 1. The van der Waals surface area contributed by atoms with E-state index in [1.165, 1.54) is 10.4 Å². The van der Waals surface area contributed by atoms with Crippen LogP contribution in [0.3, 0.4) is 0 Å². The van der Waals surface area contributed by atoms with E-state index in [1.54, 1.807) is 7.11 Å². The van der Waals surface area contributed by atoms with Crippen LogP contribution in [0.5, 0.6) is 0 Å². The molecule has 9 nitrogen and oxygen atoms in total. The van der Waals surface area contributed by atoms with Crippen LogP contribution < -0.4 is 11.1 Å². The Morgan fingerprint density at radius 3 is 2.56 bits per heavy atom. The molecule has 200 valence electrons. The number of hydrogen-bond donors (Lipinski definition) is 2. The zero-order valence-corrected chi connectivity index (χ0v) is 22.1. The van der Waals surface area contributed by atoms with Crippen LogP contribution in [0.15, 0.2) is 18.2 Å². The molecule has 3 rings (SSSR count). The van der Waals surface area contributed by atoms with Crippen LogP contribution in [-0.4, -0.2) is 86.6 Å². The number of carbonyl (C=O) groups excluding carboxylic acids is 1. The summed E-state index contributed by atoms with van der Waals surface area (Å²) >= 11 is 0.926. The Hall–Kier alpha value is -2.19. The number of nitrogens with zero attached hydrogens (tertiary/aromatic N) is 3. The van der Waals surface area contributed by atoms with Crippen molar-refractivity contribution < 1.29 is 26.7 Å². The van der Waals surface area contributed by atoms with Crippen LogP contribution in [0.25, 0.3) is 0 Å². The first-order valence-electron chi connectivity index (χ1n) is 11.9. The lowest BCUT2D eigenvalue weighted by Gasteiger charge is -2.31. The average Bonchev–Trinajstić information content (AvgIpc) is 3.21. The molecular formula is C23H33F2N5O4S2. The number of ether oxygens (including phenoxy) is 1. The molecule has 0 bridgehead atoms. The van der Waals surface area contributed by atoms with Crippen molar-refractivity contribution in [2.75, 3.05) is 63.2 Å². The minimum atomic E-state index is -3.36. The number of likely N-dealkylation sites (N-methyl/N-ethyl adjacent to an activating group) is 1. The third-order valence-corrected chi connectivity index (χ3v) is 9.12. The number of anilines is 2. The van der Waals surface area contributed by atoms with Crippen molar-refractivity contribution in [3.8, 4) is 0 Å². The molecule has 13 heteroatoms. The summed E-state index contributed by atoms with van der Waals surface area (Å²) in [6, 6.07) is 3.13. The summed E-state index contributed by atoms with van der Waals surface area (Å²) < 4.78 is 60.2. The minimum Gasteiger partial charge on any atom is -0.383 e. The summed E-state index contributed by atoms with van der Waals surface area (Å²) in [5.74, 6) is -2.81. The first kappa shape index (κ1) is 28.4. The number of nitrogen functional groups attached to an aromatic ring is 1. The van der Waals surface area contributed by atoms with Crippen LogP contribution in [0, 0.1) is 11.6 Å². The van der Waals surface area contributed by atoms with E-state index in [0.29, 0.717) is 50.6 Å². The number of methoxy groups -OCH3 is 1. The number of rotatable bonds is 13. The van der Waals surface area contributed by atoms with Gasteiger partial charge in [0.05, 0.1) is 17.9 Å². The van der Waals surface area contributed by atoms with E-state index in [-0.39, 0.29) is 22.5 Å². The molecule has 0 radical (unpaired) electrons. The molecule has 0 aliphatic carbocycles. The molecule has 2 heterocycles. The molecule has 2 aromatic rings. The van der Waals surface area contributed by atoms with Crippen molar-refractivity contribution >= 4 is 38.1 Å². The zero-order chi connectivity index (χ0) is 26.3. The molecule has 0 atom stereocenters. The predicted octanol–water partition coefficient (Wildman–Crippen LogP) is 2.80. The van der Waals surface area contributed by atoms with Crippen LogP contribution in [0.1, 0.15) is 41.4 Å². The summed E-state index contributed by atoms with van der Waals surface area (Å²) in [6.07, 6.45) is 1.66. The minimum absolute atomic E-state index is 0.0480. The van der Waals surface area contributed by atoms with Crippen LogP contribution in [0.4, 0.5) is 19.7 Å². The molecule has 0 unspecified atom stereocenters. The number of thiazole rings is 1. The Labute approximate surface area is 214 Å². The van der Waals surface area contributed by atoms with Gasteiger partial charge >= 0.3 is 0 Å². The quantitative estimate of drug-likeness (QED) is 0.369. The maximum Gasteiger partial charge on any atom is 0.214 e. The molecular weight excluding hydrogens is 512 g/mol. The first-order chi connectivity index (χ1) is 17.2. The second kappa shape index (κ2) is 12.9. The van der Waals surface area contributed by atoms with Gasteiger partial charge in [-0.2, -0.15) is 0 Å². The number of hydrogen-bond acceptors (Lipinski definition) is 9. The third kappa shape index (κ3) is 7.19. The number of ketones is 1. The fraction of sp³-hybridized carbons (Fsp3) is 0.565. The lowest BCUT2D eigenvalue weighted by atomic mass is 10.1. The lowest BCUT2D eigenvalue weighted by Crippen LogP contribution is -2.43. The molecule has 1 aliphatic heterocycles. The molecule has 0 saturated carbocycles. The zero-order valence-electron chi connectivity index (χ0n) is 20.5. The molecule has 1 aromatic carbocycles. The van der Waals surface area contributed by atoms with Crippen LogP contribution in [-0.2, 0) is 14.8 Å². The van der Waals surface area contributed by atoms with Gasteiger partial charge < -0.3 is 20.7 Å². The van der Waals surface area contributed by atoms with Crippen molar-refractivity contribution in [3.63, 3.8) is 0 Å². The van der Waals surface area contributed by atoms with Gasteiger partial charge in [-0.15, -0.1) is 0 Å². The normalized spacial score (nSPS) is 15.5. The van der Waals surface area contributed by atoms with E-state index < -0.39 is 33.0 Å². The smallest absolute Gasteiger partial charge is 0.214 e. The first-order valence-corrected chi connectivity index (χ1v) is 14.3. The van der Waals surface area contributed by atoms with Gasteiger partial charge in [-0.1, -0.05) is 24.3 Å². The van der Waals surface area contributed by atoms with E-state index >= 15 is 0 Å². The molecule has 0 amide bonds. The van der Waals surface area contributed by atoms with Crippen LogP contribution in [0.2, 0.25) is 0 Å². The molecule has 1 aliphatic rings. The van der Waals surface area contributed by atoms with E-state index in [9.17, 15) is 22.0 Å². The highest BCUT2D eigenvalue weighted by molar-refractivity contribution is 7.89. The Bertz CT molecular complexity index is 1120. The van der Waals surface area contributed by atoms with Gasteiger partial charge in [-0.25, -0.2) is 26.5 Å². The van der Waals surface area contributed by atoms with Crippen molar-refractivity contribution in [3.05, 3.63) is 40.3 Å². The predicted molar refractivity (Wildman–Crippen MR) is 137 cm³/mol. The maximum absolute atomic E-state index is 14.0. The number of nitrogens with one attached hydrogen (secondary N) is 1. The third-order valence-electron chi connectivity index (χ3n) is 6.16. The second-order valence-electron chi connectivity index (χ2n) is 8.57. The number of aromatic nitrogens is 1. The molecule has 36 heavy (non-hydrogen) atoms. The highest BCUT2D eigenvalue weighted by Gasteiger charge is 2.29. The SMILES string of the molecule is CCN(CCCS(=O)(=O)N1CCC(Nc2nc(N)c(C(=O)c3c(F)cccc3F)s2)CC1)CCOC. The summed E-state index contributed by atoms with van der Waals surface area (Å²) in [4.78, 5) is 18.9. The number of nitrogens with two attached hydrogens (primary N) is 1. The van der Waals surface area contributed by atoms with Gasteiger partial charge in [-0.3, -0.25) is 4.79 Å². The number of halogens is 2. The van der Waals surface area contributed by atoms with Crippen molar-refractivity contribution in [1.82, 2.24) is 14.2 Å². The van der Waals surface area contributed by atoms with Gasteiger partial charge in [0.25, 0.3) is 0 Å². The number of piperidine rings is 1. The Morgan fingerprint density at radius 1 is 1.28 bits per heavy atom. The highest BCUT2D eigenvalue weighted by Crippen LogP contribution is 2.30. The number of carbonyl (C=O) groups is 1. The van der Waals surface area contributed by atoms with Gasteiger partial charge in [0.1, 0.15) is 22.3 Å². The molecule has 1 aromatic heterocycles. The number of sulfonamides is 1. The Morgan fingerprint density at radius 2 is 1.94 bits per heavy atom. The lowest BCUT2D eigenvalue weighted by molar-refractivity contribution is 0.103. The van der Waals surface area contributed by atoms with Crippen molar-refractivity contribution in [2.24, 2.45) is 0 Å². The van der Waals surface area contributed by atoms with Gasteiger partial charge in [0.2, 0.25) is 15.8 Å². The monoisotopic (exact) mass is 545 g/mol. The topological polar surface area (TPSA) is 118 Å². The van der Waals surface area contributed by atoms with Gasteiger partial charge in [0.15, 0.2) is 5.13 Å². The molecule has 0 spiro atoms. The average molecular weight is 546 g/mol. The van der Waals surface area contributed by atoms with E-state index in [0.717, 1.165) is 36.6 Å². The van der Waals surface area contributed by atoms with E-state index in [1.807, 2.05) is 6.92 Å². The maximum atomic E-state index is 14.0. The highest BCUT2D eigenvalue weighted by atomic mass is 32.2. The Kier molecular flexibility index (Phi) is 10.1. The summed E-state index contributed by atoms with van der Waals surface area (Å²) in [7, 11) is -1.71. The standard InChI is InChI=1S/C23H33F2N5O4S2/c1-3-29(13-14-34-2)10-5-15-36(32,33)30-11-8-16(9-12-30)27-23-28-22(26)21(35-23)20(31)19-17(24)6-4-7-18(19)25/h4,6-7,16H,3,5,8-15,26H2,1-2H3,(H,27,28). The van der Waals surface area contributed by atoms with Crippen molar-refractivity contribution in [2.45, 2.75) is 32.2 Å². The molecule has 1 fully saturated rings. The fourth-order valence-electron chi connectivity index (χ4n) is 4.09. The summed E-state index contributed by atoms with van der Waals surface area (Å²) in [5.41, 5.74) is 5.20. The summed E-state index contributed by atoms with van der Waals surface area (Å²) in [6.45, 7) is 5.69. The fourth-order valence-corrected chi connectivity index (χ4v) is 6.51. The Balaban J connectivity index is 1.52. The van der Waals surface area contributed by atoms with Crippen molar-refractivity contribution in [1.29, 1.82) is 0 Å². The van der Waals surface area contributed by atoms with E-state index in [2.05, 4.69) is 15.2 Å². The van der Waals surface area contributed by atoms with E-state index in [4.69, 9.17) is 10.5 Å². The van der Waals surface area contributed by atoms with Crippen LogP contribution >= 0.6 is 11.3 Å². The van der Waals surface area contributed by atoms with Gasteiger partial charge in [-0.05, 0) is 44.5 Å².